The third-order valence-electron chi connectivity index (χ3n) is 5.72. The molecule has 0 saturated heterocycles. The van der Waals surface area contributed by atoms with Crippen LogP contribution in [0.4, 0.5) is 11.4 Å². The minimum Gasteiger partial charge on any atom is -0.377 e. The predicted octanol–water partition coefficient (Wildman–Crippen LogP) is 5.57. The molecule has 1 aliphatic heterocycles. The Balaban J connectivity index is 1.63. The Hall–Kier alpha value is -3.14. The summed E-state index contributed by atoms with van der Waals surface area (Å²) in [4.78, 5) is 10.6. The van der Waals surface area contributed by atoms with Gasteiger partial charge in [-0.3, -0.25) is 10.1 Å². The molecule has 128 valence electrons. The summed E-state index contributed by atoms with van der Waals surface area (Å²) >= 11 is 0. The highest BCUT2D eigenvalue weighted by atomic mass is 16.6. The van der Waals surface area contributed by atoms with Crippen molar-refractivity contribution < 1.29 is 4.92 Å². The van der Waals surface area contributed by atoms with Gasteiger partial charge in [0.25, 0.3) is 5.69 Å². The van der Waals surface area contributed by atoms with E-state index >= 15 is 0 Å². The monoisotopic (exact) mass is 342 g/mol. The Labute approximate surface area is 151 Å². The summed E-state index contributed by atoms with van der Waals surface area (Å²) in [7, 11) is 0. The molecule has 0 fully saturated rings. The van der Waals surface area contributed by atoms with Gasteiger partial charge in [-0.15, -0.1) is 0 Å². The molecule has 1 aliphatic carbocycles. The van der Waals surface area contributed by atoms with Crippen LogP contribution in [0, 0.1) is 16.0 Å². The molecular weight excluding hydrogens is 324 g/mol. The summed E-state index contributed by atoms with van der Waals surface area (Å²) in [6.07, 6.45) is 5.60. The van der Waals surface area contributed by atoms with Crippen molar-refractivity contribution in [2.45, 2.75) is 18.4 Å². The maximum atomic E-state index is 11.0. The third kappa shape index (κ3) is 2.22. The molecule has 0 spiro atoms. The maximum absolute atomic E-state index is 11.0. The number of allylic oxidation sites excluding steroid dienone is 2. The van der Waals surface area contributed by atoms with Gasteiger partial charge in [-0.1, -0.05) is 60.7 Å². The Morgan fingerprint density at radius 2 is 1.81 bits per heavy atom. The lowest BCUT2D eigenvalue weighted by molar-refractivity contribution is -0.384. The number of rotatable bonds is 2. The van der Waals surface area contributed by atoms with Crippen molar-refractivity contribution in [2.24, 2.45) is 5.92 Å². The predicted molar refractivity (Wildman–Crippen MR) is 103 cm³/mol. The van der Waals surface area contributed by atoms with Gasteiger partial charge in [-0.2, -0.15) is 0 Å². The van der Waals surface area contributed by atoms with Crippen LogP contribution in [0.3, 0.4) is 0 Å². The Morgan fingerprint density at radius 1 is 1.00 bits per heavy atom. The average molecular weight is 342 g/mol. The first-order chi connectivity index (χ1) is 12.7. The SMILES string of the molecule is O=[N+]([O-])c1ccc([C@@H]2Nc3c(ccc4ccccc34)[C@@H]3C=CC[C@@H]32)cc1. The molecule has 3 aromatic rings. The van der Waals surface area contributed by atoms with Crippen LogP contribution in [0.15, 0.2) is 72.8 Å². The van der Waals surface area contributed by atoms with E-state index in [9.17, 15) is 10.1 Å². The fourth-order valence-electron chi connectivity index (χ4n) is 4.47. The average Bonchev–Trinajstić information content (AvgIpc) is 3.17. The van der Waals surface area contributed by atoms with E-state index in [0.717, 1.165) is 12.0 Å². The number of nitrogens with one attached hydrogen (secondary N) is 1. The molecule has 0 amide bonds. The molecule has 0 unspecified atom stereocenters. The fourth-order valence-corrected chi connectivity index (χ4v) is 4.47. The number of benzene rings is 3. The molecule has 0 radical (unpaired) electrons. The van der Waals surface area contributed by atoms with Gasteiger partial charge < -0.3 is 5.32 Å². The van der Waals surface area contributed by atoms with Crippen molar-refractivity contribution >= 4 is 22.1 Å². The molecule has 1 N–H and O–H groups in total. The van der Waals surface area contributed by atoms with Crippen LogP contribution < -0.4 is 5.32 Å². The lowest BCUT2D eigenvalue weighted by atomic mass is 9.76. The molecule has 2 aliphatic rings. The number of anilines is 1. The van der Waals surface area contributed by atoms with Crippen LogP contribution in [0.1, 0.15) is 29.5 Å². The Morgan fingerprint density at radius 3 is 2.62 bits per heavy atom. The van der Waals surface area contributed by atoms with Crippen molar-refractivity contribution in [1.29, 1.82) is 0 Å². The standard InChI is InChI=1S/C22H18N2O2/c25-24(26)16-11-8-15(9-12-16)21-19-7-3-6-18(19)20-13-10-14-4-1-2-5-17(14)22(20)23-21/h1-6,8-13,18-19,21,23H,7H2/t18-,19+,21+/m1/s1. The highest BCUT2D eigenvalue weighted by Gasteiger charge is 2.38. The van der Waals surface area contributed by atoms with Crippen molar-refractivity contribution in [3.63, 3.8) is 0 Å². The number of hydrogen-bond donors (Lipinski definition) is 1. The summed E-state index contributed by atoms with van der Waals surface area (Å²) < 4.78 is 0. The van der Waals surface area contributed by atoms with Crippen LogP contribution in [0.2, 0.25) is 0 Å². The molecule has 26 heavy (non-hydrogen) atoms. The van der Waals surface area contributed by atoms with Crippen LogP contribution >= 0.6 is 0 Å². The fraction of sp³-hybridized carbons (Fsp3) is 0.182. The van der Waals surface area contributed by atoms with Crippen molar-refractivity contribution in [3.8, 4) is 0 Å². The number of hydrogen-bond acceptors (Lipinski definition) is 3. The molecular formula is C22H18N2O2. The number of fused-ring (bicyclic) bond motifs is 5. The van der Waals surface area contributed by atoms with Crippen LogP contribution in [-0.4, -0.2) is 4.92 Å². The topological polar surface area (TPSA) is 55.2 Å². The van der Waals surface area contributed by atoms with Gasteiger partial charge in [0.15, 0.2) is 0 Å². The lowest BCUT2D eigenvalue weighted by Gasteiger charge is -2.38. The van der Waals surface area contributed by atoms with Gasteiger partial charge in [0.1, 0.15) is 0 Å². The molecule has 5 rings (SSSR count). The van der Waals surface area contributed by atoms with E-state index in [-0.39, 0.29) is 16.7 Å². The molecule has 0 saturated carbocycles. The summed E-state index contributed by atoms with van der Waals surface area (Å²) in [6, 6.07) is 20.0. The highest BCUT2D eigenvalue weighted by Crippen LogP contribution is 2.51. The molecule has 3 aromatic carbocycles. The second kappa shape index (κ2) is 5.70. The molecule has 0 bridgehead atoms. The van der Waals surface area contributed by atoms with Crippen LogP contribution in [0.25, 0.3) is 10.8 Å². The van der Waals surface area contributed by atoms with E-state index in [0.29, 0.717) is 11.8 Å². The molecule has 4 nitrogen and oxygen atoms in total. The first-order valence-electron chi connectivity index (χ1n) is 8.91. The van der Waals surface area contributed by atoms with Gasteiger partial charge in [0, 0.05) is 29.1 Å². The van der Waals surface area contributed by atoms with E-state index in [1.165, 1.54) is 22.0 Å². The summed E-state index contributed by atoms with van der Waals surface area (Å²) in [5.41, 5.74) is 3.78. The quantitative estimate of drug-likeness (QED) is 0.376. The van der Waals surface area contributed by atoms with Crippen LogP contribution in [-0.2, 0) is 0 Å². The number of non-ortho nitro benzene ring substituents is 1. The lowest BCUT2D eigenvalue weighted by Crippen LogP contribution is -2.29. The summed E-state index contributed by atoms with van der Waals surface area (Å²) in [5.74, 6) is 0.821. The van der Waals surface area contributed by atoms with Crippen molar-refractivity contribution in [1.82, 2.24) is 0 Å². The van der Waals surface area contributed by atoms with Gasteiger partial charge in [-0.25, -0.2) is 0 Å². The molecule has 0 aromatic heterocycles. The van der Waals surface area contributed by atoms with Gasteiger partial charge in [0.05, 0.1) is 11.0 Å². The zero-order valence-electron chi connectivity index (χ0n) is 14.1. The van der Waals surface area contributed by atoms with E-state index in [4.69, 9.17) is 0 Å². The third-order valence-corrected chi connectivity index (χ3v) is 5.72. The second-order valence-electron chi connectivity index (χ2n) is 7.08. The van der Waals surface area contributed by atoms with Gasteiger partial charge in [-0.05, 0) is 28.9 Å². The van der Waals surface area contributed by atoms with Gasteiger partial charge in [0.2, 0.25) is 0 Å². The van der Waals surface area contributed by atoms with E-state index in [1.807, 2.05) is 12.1 Å². The zero-order valence-corrected chi connectivity index (χ0v) is 14.1. The Bertz CT molecular complexity index is 1040. The molecule has 3 atom stereocenters. The van der Waals surface area contributed by atoms with Crippen LogP contribution in [0.5, 0.6) is 0 Å². The normalized spacial score (nSPS) is 23.3. The minimum absolute atomic E-state index is 0.136. The largest absolute Gasteiger partial charge is 0.377 e. The minimum atomic E-state index is -0.346. The van der Waals surface area contributed by atoms with E-state index in [2.05, 4.69) is 53.9 Å². The Kier molecular flexibility index (Phi) is 3.32. The van der Waals surface area contributed by atoms with E-state index < -0.39 is 0 Å². The first-order valence-corrected chi connectivity index (χ1v) is 8.91. The summed E-state index contributed by atoms with van der Waals surface area (Å²) in [5, 5.41) is 17.2. The zero-order chi connectivity index (χ0) is 17.7. The highest BCUT2D eigenvalue weighted by molar-refractivity contribution is 5.96. The van der Waals surface area contributed by atoms with Gasteiger partial charge >= 0.3 is 0 Å². The summed E-state index contributed by atoms with van der Waals surface area (Å²) in [6.45, 7) is 0. The molecule has 4 heteroatoms. The second-order valence-corrected chi connectivity index (χ2v) is 7.08. The first kappa shape index (κ1) is 15.1. The van der Waals surface area contributed by atoms with Crippen molar-refractivity contribution in [3.05, 3.63) is 94.1 Å². The molecule has 1 heterocycles. The number of nitro groups is 1. The van der Waals surface area contributed by atoms with Crippen molar-refractivity contribution in [2.75, 3.05) is 5.32 Å². The number of nitrogens with zero attached hydrogens (tertiary/aromatic N) is 1. The number of nitro benzene ring substituents is 1. The smallest absolute Gasteiger partial charge is 0.269 e. The maximum Gasteiger partial charge on any atom is 0.269 e. The van der Waals surface area contributed by atoms with E-state index in [1.54, 1.807) is 12.1 Å².